The Morgan fingerprint density at radius 2 is 2.08 bits per heavy atom. The average molecular weight is 359 g/mol. The molecule has 2 fully saturated rings. The molecule has 1 aromatic rings. The Kier molecular flexibility index (Phi) is 4.84. The third-order valence-corrected chi connectivity index (χ3v) is 6.01. The Bertz CT molecular complexity index is 670. The van der Waals surface area contributed by atoms with Gasteiger partial charge in [0.1, 0.15) is 0 Å². The maximum Gasteiger partial charge on any atom is 0.236 e. The third-order valence-electron chi connectivity index (χ3n) is 6.01. The number of ether oxygens (including phenoxy) is 1. The van der Waals surface area contributed by atoms with Gasteiger partial charge in [0, 0.05) is 45.3 Å². The molecule has 1 aliphatic carbocycles. The van der Waals surface area contributed by atoms with E-state index in [2.05, 4.69) is 9.88 Å². The Balaban J connectivity index is 1.49. The number of piperidine rings is 1. The zero-order valence-electron chi connectivity index (χ0n) is 15.9. The molecule has 1 unspecified atom stereocenters. The molecule has 2 saturated heterocycles. The van der Waals surface area contributed by atoms with Crippen molar-refractivity contribution in [2.24, 2.45) is 0 Å². The van der Waals surface area contributed by atoms with Gasteiger partial charge < -0.3 is 14.5 Å². The van der Waals surface area contributed by atoms with Crippen LogP contribution >= 0.6 is 0 Å². The monoisotopic (exact) mass is 359 g/mol. The van der Waals surface area contributed by atoms with Gasteiger partial charge in [0.25, 0.3) is 0 Å². The van der Waals surface area contributed by atoms with E-state index >= 15 is 0 Å². The van der Waals surface area contributed by atoms with Crippen LogP contribution in [-0.2, 0) is 21.4 Å². The summed E-state index contributed by atoms with van der Waals surface area (Å²) in [5, 5.41) is 0. The highest BCUT2D eigenvalue weighted by atomic mass is 16.5. The first-order valence-electron chi connectivity index (χ1n) is 9.69. The maximum atomic E-state index is 12.7. The lowest BCUT2D eigenvalue weighted by atomic mass is 9.77. The molecule has 1 aromatic heterocycles. The van der Waals surface area contributed by atoms with Crippen LogP contribution in [0.5, 0.6) is 0 Å². The first-order chi connectivity index (χ1) is 12.6. The van der Waals surface area contributed by atoms with Crippen LogP contribution in [0.15, 0.2) is 6.20 Å². The lowest BCUT2D eigenvalue weighted by Crippen LogP contribution is -2.51. The van der Waals surface area contributed by atoms with Gasteiger partial charge in [0.05, 0.1) is 25.5 Å². The van der Waals surface area contributed by atoms with Crippen LogP contribution in [0.2, 0.25) is 0 Å². The smallest absolute Gasteiger partial charge is 0.236 e. The summed E-state index contributed by atoms with van der Waals surface area (Å²) in [5.74, 6) is 1.02. The number of hydrogen-bond donors (Lipinski definition) is 0. The molecule has 26 heavy (non-hydrogen) atoms. The van der Waals surface area contributed by atoms with Crippen molar-refractivity contribution in [3.8, 4) is 0 Å². The van der Waals surface area contributed by atoms with Gasteiger partial charge in [-0.25, -0.2) is 9.97 Å². The largest absolute Gasteiger partial charge is 0.378 e. The highest BCUT2D eigenvalue weighted by Crippen LogP contribution is 2.44. The highest BCUT2D eigenvalue weighted by molar-refractivity contribution is 5.78. The average Bonchev–Trinajstić information content (AvgIpc) is 3.00. The van der Waals surface area contributed by atoms with Crippen molar-refractivity contribution in [3.05, 3.63) is 17.5 Å². The third kappa shape index (κ3) is 3.30. The molecule has 2 aliphatic heterocycles. The zero-order valence-corrected chi connectivity index (χ0v) is 15.9. The molecule has 0 aromatic carbocycles. The summed E-state index contributed by atoms with van der Waals surface area (Å²) in [4.78, 5) is 28.3. The number of fused-ring (bicyclic) bond motifs is 2. The van der Waals surface area contributed by atoms with Crippen LogP contribution in [-0.4, -0.2) is 85.7 Å². The lowest BCUT2D eigenvalue weighted by molar-refractivity contribution is -0.137. The molecule has 7 nitrogen and oxygen atoms in total. The number of carbonyl (C=O) groups excluding carboxylic acids is 1. The molecule has 142 valence electrons. The fourth-order valence-electron chi connectivity index (χ4n) is 4.61. The van der Waals surface area contributed by atoms with Crippen LogP contribution in [0.3, 0.4) is 0 Å². The standard InChI is InChI=1S/C19H29N5O2/c1-22(2)18-20-12-15-4-6-19(17(15)21-18)5-3-7-23(14-19)13-16(25)24-8-10-26-11-9-24/h12H,3-11,13-14H2,1-2H3. The summed E-state index contributed by atoms with van der Waals surface area (Å²) in [6.45, 7) is 5.21. The molecule has 0 bridgehead atoms. The molecule has 1 amide bonds. The molecule has 1 spiro atoms. The number of hydrogen-bond acceptors (Lipinski definition) is 6. The van der Waals surface area contributed by atoms with Crippen LogP contribution in [0, 0.1) is 0 Å². The Morgan fingerprint density at radius 3 is 2.85 bits per heavy atom. The summed E-state index contributed by atoms with van der Waals surface area (Å²) >= 11 is 0. The Labute approximate surface area is 155 Å². The van der Waals surface area contributed by atoms with E-state index < -0.39 is 0 Å². The molecule has 1 atom stereocenters. The quantitative estimate of drug-likeness (QED) is 0.791. The molecule has 0 N–H and O–H groups in total. The fraction of sp³-hybridized carbons (Fsp3) is 0.737. The fourth-order valence-corrected chi connectivity index (χ4v) is 4.61. The predicted molar refractivity (Wildman–Crippen MR) is 99.4 cm³/mol. The van der Waals surface area contributed by atoms with Gasteiger partial charge in [-0.15, -0.1) is 0 Å². The number of anilines is 1. The van der Waals surface area contributed by atoms with E-state index in [1.807, 2.05) is 30.1 Å². The van der Waals surface area contributed by atoms with E-state index in [0.717, 1.165) is 57.8 Å². The minimum Gasteiger partial charge on any atom is -0.378 e. The van der Waals surface area contributed by atoms with E-state index in [4.69, 9.17) is 9.72 Å². The van der Waals surface area contributed by atoms with Gasteiger partial charge >= 0.3 is 0 Å². The number of rotatable bonds is 3. The van der Waals surface area contributed by atoms with E-state index in [9.17, 15) is 4.79 Å². The number of aryl methyl sites for hydroxylation is 1. The first-order valence-corrected chi connectivity index (χ1v) is 9.69. The summed E-state index contributed by atoms with van der Waals surface area (Å²) in [6.07, 6.45) is 6.46. The normalized spacial score (nSPS) is 26.2. The summed E-state index contributed by atoms with van der Waals surface area (Å²) in [5.41, 5.74) is 2.60. The second-order valence-electron chi connectivity index (χ2n) is 8.03. The number of amides is 1. The van der Waals surface area contributed by atoms with Crippen molar-refractivity contribution in [1.29, 1.82) is 0 Å². The molecular formula is C19H29N5O2. The van der Waals surface area contributed by atoms with Gasteiger partial charge in [-0.2, -0.15) is 0 Å². The van der Waals surface area contributed by atoms with Gasteiger partial charge in [0.15, 0.2) is 0 Å². The topological polar surface area (TPSA) is 61.8 Å². The van der Waals surface area contributed by atoms with Crippen LogP contribution in [0.1, 0.15) is 30.5 Å². The van der Waals surface area contributed by atoms with Crippen LogP contribution in [0.4, 0.5) is 5.95 Å². The molecule has 3 heterocycles. The van der Waals surface area contributed by atoms with Crippen molar-refractivity contribution in [2.45, 2.75) is 31.1 Å². The summed E-state index contributed by atoms with van der Waals surface area (Å²) in [7, 11) is 3.97. The second kappa shape index (κ2) is 7.12. The van der Waals surface area contributed by atoms with Gasteiger partial charge in [0.2, 0.25) is 11.9 Å². The van der Waals surface area contributed by atoms with E-state index in [1.54, 1.807) is 0 Å². The maximum absolute atomic E-state index is 12.7. The molecule has 0 radical (unpaired) electrons. The van der Waals surface area contributed by atoms with Crippen LogP contribution < -0.4 is 4.90 Å². The summed E-state index contributed by atoms with van der Waals surface area (Å²) in [6, 6.07) is 0. The van der Waals surface area contributed by atoms with E-state index in [0.29, 0.717) is 19.8 Å². The minimum atomic E-state index is 0.0899. The van der Waals surface area contributed by atoms with E-state index in [-0.39, 0.29) is 11.3 Å². The van der Waals surface area contributed by atoms with Crippen molar-refractivity contribution < 1.29 is 9.53 Å². The zero-order chi connectivity index (χ0) is 18.1. The lowest BCUT2D eigenvalue weighted by Gasteiger charge is -2.41. The second-order valence-corrected chi connectivity index (χ2v) is 8.03. The number of carbonyl (C=O) groups is 1. The van der Waals surface area contributed by atoms with Crippen molar-refractivity contribution in [3.63, 3.8) is 0 Å². The number of aromatic nitrogens is 2. The molecular weight excluding hydrogens is 330 g/mol. The van der Waals surface area contributed by atoms with Crippen molar-refractivity contribution in [1.82, 2.24) is 19.8 Å². The van der Waals surface area contributed by atoms with Crippen molar-refractivity contribution in [2.75, 3.05) is 64.9 Å². The van der Waals surface area contributed by atoms with Crippen LogP contribution in [0.25, 0.3) is 0 Å². The minimum absolute atomic E-state index is 0.0899. The van der Waals surface area contributed by atoms with E-state index in [1.165, 1.54) is 11.3 Å². The first kappa shape index (κ1) is 17.7. The Morgan fingerprint density at radius 1 is 1.27 bits per heavy atom. The Hall–Kier alpha value is -1.73. The molecule has 0 saturated carbocycles. The van der Waals surface area contributed by atoms with Gasteiger partial charge in [-0.05, 0) is 37.8 Å². The predicted octanol–water partition coefficient (Wildman–Crippen LogP) is 0.681. The van der Waals surface area contributed by atoms with Gasteiger partial charge in [-0.1, -0.05) is 0 Å². The summed E-state index contributed by atoms with van der Waals surface area (Å²) < 4.78 is 5.36. The number of morpholine rings is 1. The van der Waals surface area contributed by atoms with Crippen molar-refractivity contribution >= 4 is 11.9 Å². The number of nitrogens with zero attached hydrogens (tertiary/aromatic N) is 5. The van der Waals surface area contributed by atoms with Gasteiger partial charge in [-0.3, -0.25) is 9.69 Å². The molecule has 7 heteroatoms. The molecule has 4 rings (SSSR count). The SMILES string of the molecule is CN(C)c1ncc2c(n1)C1(CCCN(CC(=O)N3CCOCC3)C1)CC2. The molecule has 3 aliphatic rings. The highest BCUT2D eigenvalue weighted by Gasteiger charge is 2.44. The number of likely N-dealkylation sites (tertiary alicyclic amines) is 1.